The average molecular weight is 560 g/mol. The number of piperidine rings is 1. The van der Waals surface area contributed by atoms with Crippen molar-refractivity contribution < 1.29 is 22.7 Å². The van der Waals surface area contributed by atoms with Crippen molar-refractivity contribution in [2.24, 2.45) is 5.92 Å². The van der Waals surface area contributed by atoms with E-state index in [0.717, 1.165) is 36.1 Å². The number of rotatable bonds is 7. The molecule has 0 atom stereocenters. The lowest BCUT2D eigenvalue weighted by molar-refractivity contribution is -0.120. The van der Waals surface area contributed by atoms with Crippen LogP contribution >= 0.6 is 34.5 Å². The first-order valence-corrected chi connectivity index (χ1v) is 14.9. The van der Waals surface area contributed by atoms with Gasteiger partial charge in [-0.25, -0.2) is 17.5 Å². The fraction of sp³-hybridized carbons (Fsp3) is 0.500. The molecule has 1 aromatic heterocycles. The Morgan fingerprint density at radius 3 is 2.46 bits per heavy atom. The Morgan fingerprint density at radius 1 is 1.14 bits per heavy atom. The second-order valence-electron chi connectivity index (χ2n) is 8.75. The largest absolute Gasteiger partial charge is 0.462 e. The van der Waals surface area contributed by atoms with Crippen molar-refractivity contribution in [1.29, 1.82) is 0 Å². The Bertz CT molecular complexity index is 1200. The van der Waals surface area contributed by atoms with Gasteiger partial charge in [0.05, 0.1) is 17.9 Å². The van der Waals surface area contributed by atoms with Crippen molar-refractivity contribution in [3.8, 4) is 0 Å². The van der Waals surface area contributed by atoms with Crippen LogP contribution in [0.2, 0.25) is 10.0 Å². The molecule has 2 aliphatic rings. The summed E-state index contributed by atoms with van der Waals surface area (Å²) in [6, 6.07) is 4.89. The van der Waals surface area contributed by atoms with E-state index in [2.05, 4.69) is 5.32 Å². The van der Waals surface area contributed by atoms with Gasteiger partial charge in [-0.2, -0.15) is 0 Å². The number of anilines is 1. The fourth-order valence-corrected chi connectivity index (χ4v) is 8.22. The van der Waals surface area contributed by atoms with Gasteiger partial charge in [0.2, 0.25) is 15.9 Å². The Balaban J connectivity index is 1.42. The van der Waals surface area contributed by atoms with Crippen molar-refractivity contribution in [2.75, 3.05) is 25.0 Å². The molecule has 1 N–H and O–H groups in total. The summed E-state index contributed by atoms with van der Waals surface area (Å²) >= 11 is 13.8. The van der Waals surface area contributed by atoms with Crippen molar-refractivity contribution in [2.45, 2.75) is 51.2 Å². The molecule has 190 valence electrons. The number of amides is 1. The van der Waals surface area contributed by atoms with Gasteiger partial charge in [-0.15, -0.1) is 11.3 Å². The van der Waals surface area contributed by atoms with Crippen molar-refractivity contribution in [1.82, 2.24) is 4.31 Å². The Morgan fingerprint density at radius 2 is 1.80 bits per heavy atom. The number of sulfonamides is 1. The molecule has 0 spiro atoms. The van der Waals surface area contributed by atoms with Gasteiger partial charge in [0.1, 0.15) is 5.00 Å². The molecule has 2 heterocycles. The molecule has 2 aromatic rings. The first-order valence-electron chi connectivity index (χ1n) is 11.7. The summed E-state index contributed by atoms with van der Waals surface area (Å²) < 4.78 is 32.6. The highest BCUT2D eigenvalue weighted by Crippen LogP contribution is 2.39. The number of nitrogens with one attached hydrogen (secondary N) is 1. The number of aryl methyl sites for hydroxylation is 1. The number of thiophene rings is 1. The zero-order valence-electron chi connectivity index (χ0n) is 19.4. The summed E-state index contributed by atoms with van der Waals surface area (Å²) in [4.78, 5) is 26.9. The molecule has 0 unspecified atom stereocenters. The maximum Gasteiger partial charge on any atom is 0.341 e. The Labute approximate surface area is 219 Å². The highest BCUT2D eigenvalue weighted by Gasteiger charge is 2.34. The number of halogens is 2. The van der Waals surface area contributed by atoms with Crippen molar-refractivity contribution >= 4 is 61.4 Å². The summed E-state index contributed by atoms with van der Waals surface area (Å²) in [5, 5.41) is 4.13. The third-order valence-electron chi connectivity index (χ3n) is 6.49. The number of nitrogens with zero attached hydrogens (tertiary/aromatic N) is 1. The predicted octanol–water partition coefficient (Wildman–Crippen LogP) is 5.29. The van der Waals surface area contributed by atoms with E-state index in [4.69, 9.17) is 27.9 Å². The minimum Gasteiger partial charge on any atom is -0.462 e. The lowest BCUT2D eigenvalue weighted by atomic mass is 9.95. The first-order chi connectivity index (χ1) is 16.7. The SMILES string of the molecule is CCOC(=O)c1c(NC(=O)C2CCN(S(=O)(=O)Cc3c(Cl)cccc3Cl)CC2)sc2c1CCCC2. The van der Waals surface area contributed by atoms with Crippen LogP contribution in [-0.2, 0) is 38.1 Å². The van der Waals surface area contributed by atoms with Gasteiger partial charge in [0, 0.05) is 39.5 Å². The molecule has 1 amide bonds. The van der Waals surface area contributed by atoms with E-state index in [1.54, 1.807) is 25.1 Å². The zero-order valence-corrected chi connectivity index (χ0v) is 22.6. The maximum atomic E-state index is 13.1. The number of ether oxygens (including phenoxy) is 1. The van der Waals surface area contributed by atoms with Crippen LogP contribution < -0.4 is 5.32 Å². The second kappa shape index (κ2) is 11.2. The van der Waals surface area contributed by atoms with Gasteiger partial charge < -0.3 is 10.1 Å². The summed E-state index contributed by atoms with van der Waals surface area (Å²) in [6.45, 7) is 2.49. The molecule has 1 aromatic carbocycles. The standard InChI is InChI=1S/C24H28Cl2N2O5S2/c1-2-33-24(30)21-16-6-3-4-9-20(16)34-23(21)27-22(29)15-10-12-28(13-11-15)35(31,32)14-17-18(25)7-5-8-19(17)26/h5,7-8,15H,2-4,6,9-14H2,1H3,(H,27,29). The number of carbonyl (C=O) groups excluding carboxylic acids is 2. The smallest absolute Gasteiger partial charge is 0.341 e. The summed E-state index contributed by atoms with van der Waals surface area (Å²) in [5.74, 6) is -1.23. The van der Waals surface area contributed by atoms with Crippen molar-refractivity contribution in [3.05, 3.63) is 49.8 Å². The minimum absolute atomic E-state index is 0.194. The van der Waals surface area contributed by atoms with E-state index in [-0.39, 0.29) is 37.3 Å². The molecule has 11 heteroatoms. The molecule has 1 aliphatic heterocycles. The van der Waals surface area contributed by atoms with E-state index >= 15 is 0 Å². The fourth-order valence-electron chi connectivity index (χ4n) is 4.63. The highest BCUT2D eigenvalue weighted by molar-refractivity contribution is 7.88. The summed E-state index contributed by atoms with van der Waals surface area (Å²) in [6.07, 6.45) is 4.56. The van der Waals surface area contributed by atoms with E-state index in [9.17, 15) is 18.0 Å². The van der Waals surface area contributed by atoms with E-state index < -0.39 is 16.0 Å². The number of benzene rings is 1. The van der Waals surface area contributed by atoms with Crippen LogP contribution in [0.5, 0.6) is 0 Å². The highest BCUT2D eigenvalue weighted by atomic mass is 35.5. The minimum atomic E-state index is -3.64. The van der Waals surface area contributed by atoms with E-state index in [1.165, 1.54) is 15.6 Å². The second-order valence-corrected chi connectivity index (χ2v) is 12.6. The van der Waals surface area contributed by atoms with Crippen LogP contribution in [0.4, 0.5) is 5.00 Å². The molecule has 0 radical (unpaired) electrons. The van der Waals surface area contributed by atoms with Crippen LogP contribution in [0.15, 0.2) is 18.2 Å². The van der Waals surface area contributed by atoms with Gasteiger partial charge in [0.15, 0.2) is 0 Å². The van der Waals surface area contributed by atoms with Crippen LogP contribution in [0, 0.1) is 5.92 Å². The lowest BCUT2D eigenvalue weighted by Crippen LogP contribution is -2.42. The number of carbonyl (C=O) groups is 2. The topological polar surface area (TPSA) is 92.8 Å². The number of fused-ring (bicyclic) bond motifs is 1. The van der Waals surface area contributed by atoms with Gasteiger partial charge in [-0.1, -0.05) is 29.3 Å². The molecule has 35 heavy (non-hydrogen) atoms. The molecule has 1 saturated heterocycles. The number of hydrogen-bond acceptors (Lipinski definition) is 6. The van der Waals surface area contributed by atoms with Gasteiger partial charge in [0.25, 0.3) is 0 Å². The molecular formula is C24H28Cl2N2O5S2. The van der Waals surface area contributed by atoms with Gasteiger partial charge >= 0.3 is 5.97 Å². The Kier molecular flexibility index (Phi) is 8.43. The molecule has 0 saturated carbocycles. The molecule has 1 aliphatic carbocycles. The molecule has 4 rings (SSSR count). The van der Waals surface area contributed by atoms with Crippen LogP contribution in [0.1, 0.15) is 59.0 Å². The third-order valence-corrected chi connectivity index (χ3v) is 10.2. The number of hydrogen-bond donors (Lipinski definition) is 1. The van der Waals surface area contributed by atoms with Crippen molar-refractivity contribution in [3.63, 3.8) is 0 Å². The quantitative estimate of drug-likeness (QED) is 0.466. The number of esters is 1. The molecule has 0 bridgehead atoms. The maximum absolute atomic E-state index is 13.1. The predicted molar refractivity (Wildman–Crippen MR) is 139 cm³/mol. The van der Waals surface area contributed by atoms with E-state index in [0.29, 0.717) is 39.0 Å². The first kappa shape index (κ1) is 26.4. The van der Waals surface area contributed by atoms with Crippen LogP contribution in [0.25, 0.3) is 0 Å². The average Bonchev–Trinajstić information content (AvgIpc) is 3.19. The monoisotopic (exact) mass is 558 g/mol. The lowest BCUT2D eigenvalue weighted by Gasteiger charge is -2.30. The van der Waals surface area contributed by atoms with E-state index in [1.807, 2.05) is 0 Å². The molecule has 1 fully saturated rings. The third kappa shape index (κ3) is 5.85. The van der Waals surface area contributed by atoms with Gasteiger partial charge in [-0.05, 0) is 63.1 Å². The summed E-state index contributed by atoms with van der Waals surface area (Å²) in [5.41, 5.74) is 1.86. The van der Waals surface area contributed by atoms with Gasteiger partial charge in [-0.3, -0.25) is 4.79 Å². The molecular weight excluding hydrogens is 531 g/mol. The zero-order chi connectivity index (χ0) is 25.2. The normalized spacial score (nSPS) is 17.1. The Hall–Kier alpha value is -1.65. The molecule has 7 nitrogen and oxygen atoms in total. The van der Waals surface area contributed by atoms with Crippen LogP contribution in [-0.4, -0.2) is 44.3 Å². The summed E-state index contributed by atoms with van der Waals surface area (Å²) in [7, 11) is -3.64. The van der Waals surface area contributed by atoms with Crippen LogP contribution in [0.3, 0.4) is 0 Å².